The van der Waals surface area contributed by atoms with E-state index in [0.29, 0.717) is 0 Å². The molecular weight excluding hydrogens is 248 g/mol. The van der Waals surface area contributed by atoms with Gasteiger partial charge in [0.25, 0.3) is 5.91 Å². The largest absolute Gasteiger partial charge is 0.335 e. The minimum Gasteiger partial charge on any atom is -0.335 e. The summed E-state index contributed by atoms with van der Waals surface area (Å²) >= 11 is 0. The average Bonchev–Trinajstić information content (AvgIpc) is 2.62. The van der Waals surface area contributed by atoms with Crippen LogP contribution in [0.5, 0.6) is 0 Å². The summed E-state index contributed by atoms with van der Waals surface area (Å²) in [6.07, 6.45) is 1.02. The minimum atomic E-state index is 0.126. The van der Waals surface area contributed by atoms with Crippen molar-refractivity contribution in [2.45, 2.75) is 45.6 Å². The standard InChI is InChI=1S/C17H26N2O/c1-13-12-18-10-5-11-19(13)16(20)14-6-8-15(9-7-14)17(2,3)4/h6-9,13,18H,5,10-12H2,1-4H3. The lowest BCUT2D eigenvalue weighted by molar-refractivity contribution is 0.0707. The molecule has 110 valence electrons. The third-order valence-corrected chi connectivity index (χ3v) is 3.98. The van der Waals surface area contributed by atoms with Gasteiger partial charge in [-0.25, -0.2) is 0 Å². The highest BCUT2D eigenvalue weighted by Crippen LogP contribution is 2.22. The molecule has 1 fully saturated rings. The predicted molar refractivity (Wildman–Crippen MR) is 83.1 cm³/mol. The Labute approximate surface area is 122 Å². The zero-order chi connectivity index (χ0) is 14.8. The monoisotopic (exact) mass is 274 g/mol. The highest BCUT2D eigenvalue weighted by molar-refractivity contribution is 5.94. The van der Waals surface area contributed by atoms with E-state index in [1.54, 1.807) is 0 Å². The van der Waals surface area contributed by atoms with Crippen LogP contribution in [0.1, 0.15) is 50.0 Å². The number of carbonyl (C=O) groups is 1. The van der Waals surface area contributed by atoms with E-state index in [1.807, 2.05) is 17.0 Å². The maximum absolute atomic E-state index is 12.6. The van der Waals surface area contributed by atoms with E-state index in [-0.39, 0.29) is 17.4 Å². The maximum Gasteiger partial charge on any atom is 0.254 e. The van der Waals surface area contributed by atoms with Crippen LogP contribution in [-0.4, -0.2) is 36.5 Å². The van der Waals surface area contributed by atoms with Crippen molar-refractivity contribution in [2.75, 3.05) is 19.6 Å². The summed E-state index contributed by atoms with van der Waals surface area (Å²) in [4.78, 5) is 14.6. The second-order valence-corrected chi connectivity index (χ2v) is 6.73. The maximum atomic E-state index is 12.6. The second kappa shape index (κ2) is 5.96. The molecule has 20 heavy (non-hydrogen) atoms. The fourth-order valence-corrected chi connectivity index (χ4v) is 2.60. The third-order valence-electron chi connectivity index (χ3n) is 3.98. The molecule has 1 aromatic carbocycles. The van der Waals surface area contributed by atoms with Crippen molar-refractivity contribution in [3.8, 4) is 0 Å². The van der Waals surface area contributed by atoms with Crippen molar-refractivity contribution in [2.24, 2.45) is 0 Å². The van der Waals surface area contributed by atoms with Gasteiger partial charge in [-0.1, -0.05) is 32.9 Å². The Hall–Kier alpha value is -1.35. The van der Waals surface area contributed by atoms with Crippen LogP contribution in [0, 0.1) is 0 Å². The normalized spacial score (nSPS) is 20.6. The zero-order valence-corrected chi connectivity index (χ0v) is 13.1. The van der Waals surface area contributed by atoms with Gasteiger partial charge in [0.1, 0.15) is 0 Å². The Bertz CT molecular complexity index is 459. The van der Waals surface area contributed by atoms with Crippen molar-refractivity contribution in [3.63, 3.8) is 0 Å². The van der Waals surface area contributed by atoms with Gasteiger partial charge in [-0.3, -0.25) is 4.79 Å². The van der Waals surface area contributed by atoms with Gasteiger partial charge < -0.3 is 10.2 Å². The number of hydrogen-bond donors (Lipinski definition) is 1. The summed E-state index contributed by atoms with van der Waals surface area (Å²) in [5.74, 6) is 0.154. The Morgan fingerprint density at radius 1 is 1.25 bits per heavy atom. The molecular formula is C17H26N2O. The highest BCUT2D eigenvalue weighted by Gasteiger charge is 2.23. The Kier molecular flexibility index (Phi) is 4.48. The molecule has 0 saturated carbocycles. The first-order chi connectivity index (χ1) is 9.39. The summed E-state index contributed by atoms with van der Waals surface area (Å²) in [6.45, 7) is 11.4. The molecule has 1 atom stereocenters. The lowest BCUT2D eigenvalue weighted by Crippen LogP contribution is -2.41. The van der Waals surface area contributed by atoms with Crippen LogP contribution in [-0.2, 0) is 5.41 Å². The smallest absolute Gasteiger partial charge is 0.254 e. The van der Waals surface area contributed by atoms with E-state index in [1.165, 1.54) is 5.56 Å². The van der Waals surface area contributed by atoms with Gasteiger partial charge in [-0.05, 0) is 43.0 Å². The van der Waals surface area contributed by atoms with Gasteiger partial charge in [0.2, 0.25) is 0 Å². The summed E-state index contributed by atoms with van der Waals surface area (Å²) in [5, 5.41) is 3.37. The van der Waals surface area contributed by atoms with E-state index >= 15 is 0 Å². The molecule has 0 aromatic heterocycles. The number of benzene rings is 1. The molecule has 1 aliphatic heterocycles. The molecule has 1 saturated heterocycles. The van der Waals surface area contributed by atoms with Gasteiger partial charge in [0.15, 0.2) is 0 Å². The first kappa shape index (κ1) is 15.0. The second-order valence-electron chi connectivity index (χ2n) is 6.73. The zero-order valence-electron chi connectivity index (χ0n) is 13.1. The van der Waals surface area contributed by atoms with Crippen molar-refractivity contribution in [1.82, 2.24) is 10.2 Å². The quantitative estimate of drug-likeness (QED) is 0.854. The number of nitrogens with one attached hydrogen (secondary N) is 1. The van der Waals surface area contributed by atoms with Crippen LogP contribution in [0.2, 0.25) is 0 Å². The lowest BCUT2D eigenvalue weighted by atomic mass is 9.86. The number of hydrogen-bond acceptors (Lipinski definition) is 2. The molecule has 3 heteroatoms. The number of rotatable bonds is 1. The van der Waals surface area contributed by atoms with Crippen molar-refractivity contribution in [3.05, 3.63) is 35.4 Å². The number of nitrogens with zero attached hydrogens (tertiary/aromatic N) is 1. The third kappa shape index (κ3) is 3.40. The SMILES string of the molecule is CC1CNCCCN1C(=O)c1ccc(C(C)(C)C)cc1. The van der Waals surface area contributed by atoms with E-state index in [9.17, 15) is 4.79 Å². The van der Waals surface area contributed by atoms with Crippen LogP contribution in [0.25, 0.3) is 0 Å². The van der Waals surface area contributed by atoms with E-state index in [2.05, 4.69) is 45.1 Å². The molecule has 1 aromatic rings. The van der Waals surface area contributed by atoms with Crippen molar-refractivity contribution in [1.29, 1.82) is 0 Å². The van der Waals surface area contributed by atoms with Crippen LogP contribution in [0.4, 0.5) is 0 Å². The minimum absolute atomic E-state index is 0.126. The van der Waals surface area contributed by atoms with Gasteiger partial charge in [-0.2, -0.15) is 0 Å². The summed E-state index contributed by atoms with van der Waals surface area (Å²) < 4.78 is 0. The fourth-order valence-electron chi connectivity index (χ4n) is 2.60. The topological polar surface area (TPSA) is 32.3 Å². The molecule has 3 nitrogen and oxygen atoms in total. The van der Waals surface area contributed by atoms with E-state index in [4.69, 9.17) is 0 Å². The molecule has 1 amide bonds. The van der Waals surface area contributed by atoms with Crippen LogP contribution in [0.15, 0.2) is 24.3 Å². The summed E-state index contributed by atoms with van der Waals surface area (Å²) in [5.41, 5.74) is 2.19. The first-order valence-electron chi connectivity index (χ1n) is 7.52. The average molecular weight is 274 g/mol. The van der Waals surface area contributed by atoms with Crippen molar-refractivity contribution >= 4 is 5.91 Å². The van der Waals surface area contributed by atoms with Gasteiger partial charge in [0, 0.05) is 24.7 Å². The summed E-state index contributed by atoms with van der Waals surface area (Å²) in [6, 6.07) is 8.34. The van der Waals surface area contributed by atoms with Crippen LogP contribution < -0.4 is 5.32 Å². The fraction of sp³-hybridized carbons (Fsp3) is 0.588. The molecule has 1 aliphatic rings. The molecule has 0 radical (unpaired) electrons. The summed E-state index contributed by atoms with van der Waals surface area (Å²) in [7, 11) is 0. The van der Waals surface area contributed by atoms with E-state index < -0.39 is 0 Å². The van der Waals surface area contributed by atoms with Crippen LogP contribution >= 0.6 is 0 Å². The Balaban J connectivity index is 2.16. The molecule has 0 bridgehead atoms. The van der Waals surface area contributed by atoms with Crippen molar-refractivity contribution < 1.29 is 4.79 Å². The Morgan fingerprint density at radius 3 is 2.50 bits per heavy atom. The highest BCUT2D eigenvalue weighted by atomic mass is 16.2. The van der Waals surface area contributed by atoms with E-state index in [0.717, 1.165) is 31.6 Å². The molecule has 1 heterocycles. The Morgan fingerprint density at radius 2 is 1.90 bits per heavy atom. The van der Waals surface area contributed by atoms with Gasteiger partial charge in [-0.15, -0.1) is 0 Å². The predicted octanol–water partition coefficient (Wildman–Crippen LogP) is 2.81. The van der Waals surface area contributed by atoms with Gasteiger partial charge in [0.05, 0.1) is 0 Å². The van der Waals surface area contributed by atoms with Gasteiger partial charge >= 0.3 is 0 Å². The molecule has 1 N–H and O–H groups in total. The first-order valence-corrected chi connectivity index (χ1v) is 7.52. The lowest BCUT2D eigenvalue weighted by Gasteiger charge is -2.27. The molecule has 2 rings (SSSR count). The molecule has 0 spiro atoms. The number of amides is 1. The molecule has 1 unspecified atom stereocenters. The number of carbonyl (C=O) groups excluding carboxylic acids is 1. The molecule has 0 aliphatic carbocycles. The van der Waals surface area contributed by atoms with Crippen LogP contribution in [0.3, 0.4) is 0 Å².